The van der Waals surface area contributed by atoms with Crippen LogP contribution in [0.5, 0.6) is 0 Å². The molecule has 0 aliphatic carbocycles. The maximum Gasteiger partial charge on any atom is 0.407 e. The third-order valence-electron chi connectivity index (χ3n) is 3.62. The van der Waals surface area contributed by atoms with Crippen LogP contribution in [0.2, 0.25) is 0 Å². The van der Waals surface area contributed by atoms with Crippen LogP contribution < -0.4 is 5.32 Å². The lowest BCUT2D eigenvalue weighted by Gasteiger charge is -2.23. The van der Waals surface area contributed by atoms with Crippen molar-refractivity contribution in [1.29, 1.82) is 0 Å². The Morgan fingerprint density at radius 1 is 1.18 bits per heavy atom. The van der Waals surface area contributed by atoms with E-state index in [4.69, 9.17) is 4.74 Å². The maximum atomic E-state index is 12.4. The Hall–Kier alpha value is -2.04. The second-order valence-corrected chi connectivity index (χ2v) is 6.81. The molecule has 0 saturated carbocycles. The summed E-state index contributed by atoms with van der Waals surface area (Å²) < 4.78 is 5.27. The first-order valence-electron chi connectivity index (χ1n) is 7.60. The zero-order valence-corrected chi connectivity index (χ0v) is 13.6. The van der Waals surface area contributed by atoms with Gasteiger partial charge in [-0.1, -0.05) is 25.1 Å². The van der Waals surface area contributed by atoms with Gasteiger partial charge < -0.3 is 15.0 Å². The molecule has 0 unspecified atom stereocenters. The highest BCUT2D eigenvalue weighted by Gasteiger charge is 2.34. The summed E-state index contributed by atoms with van der Waals surface area (Å²) in [6.45, 7) is 8.66. The van der Waals surface area contributed by atoms with Gasteiger partial charge in [0.05, 0.1) is 6.04 Å². The van der Waals surface area contributed by atoms with Crippen molar-refractivity contribution in [3.05, 3.63) is 35.9 Å². The van der Waals surface area contributed by atoms with Crippen LogP contribution in [-0.4, -0.2) is 41.6 Å². The summed E-state index contributed by atoms with van der Waals surface area (Å²) in [5, 5.41) is 2.87. The largest absolute Gasteiger partial charge is 0.444 e. The monoisotopic (exact) mass is 304 g/mol. The number of carbonyl (C=O) groups excluding carboxylic acids is 2. The Morgan fingerprint density at radius 3 is 2.41 bits per heavy atom. The van der Waals surface area contributed by atoms with Crippen LogP contribution in [0.1, 0.15) is 38.1 Å². The predicted molar refractivity (Wildman–Crippen MR) is 84.7 cm³/mol. The molecule has 1 aromatic carbocycles. The van der Waals surface area contributed by atoms with Gasteiger partial charge in [-0.25, -0.2) is 4.79 Å². The number of nitrogens with one attached hydrogen (secondary N) is 1. The average Bonchev–Trinajstić information content (AvgIpc) is 2.78. The summed E-state index contributed by atoms with van der Waals surface area (Å²) in [6, 6.07) is 9.12. The summed E-state index contributed by atoms with van der Waals surface area (Å²) in [6.07, 6.45) is -0.432. The van der Waals surface area contributed by atoms with Crippen LogP contribution in [0.25, 0.3) is 0 Å². The third kappa shape index (κ3) is 4.23. The number of likely N-dealkylation sites (tertiary alicyclic amines) is 1. The van der Waals surface area contributed by atoms with Crippen LogP contribution in [0.3, 0.4) is 0 Å². The van der Waals surface area contributed by atoms with Crippen LogP contribution >= 0.6 is 0 Å². The number of nitrogens with zero attached hydrogens (tertiary/aromatic N) is 1. The Balaban J connectivity index is 1.95. The Kier molecular flexibility index (Phi) is 4.74. The van der Waals surface area contributed by atoms with Gasteiger partial charge in [0.25, 0.3) is 5.91 Å². The van der Waals surface area contributed by atoms with E-state index in [0.29, 0.717) is 18.7 Å². The first-order valence-corrected chi connectivity index (χ1v) is 7.60. The van der Waals surface area contributed by atoms with E-state index in [-0.39, 0.29) is 17.9 Å². The molecule has 0 spiro atoms. The second-order valence-electron chi connectivity index (χ2n) is 6.81. The van der Waals surface area contributed by atoms with Crippen molar-refractivity contribution in [3.8, 4) is 0 Å². The van der Waals surface area contributed by atoms with Crippen molar-refractivity contribution in [3.63, 3.8) is 0 Å². The Bertz CT molecular complexity index is 537. The molecule has 1 aromatic rings. The summed E-state index contributed by atoms with van der Waals surface area (Å²) in [5.41, 5.74) is 0.151. The molecule has 1 aliphatic heterocycles. The van der Waals surface area contributed by atoms with Crippen LogP contribution in [0, 0.1) is 5.92 Å². The number of hydrogen-bond donors (Lipinski definition) is 1. The number of benzene rings is 1. The smallest absolute Gasteiger partial charge is 0.407 e. The molecule has 1 N–H and O–H groups in total. The summed E-state index contributed by atoms with van der Waals surface area (Å²) in [5.74, 6) is 0.195. The number of hydrogen-bond acceptors (Lipinski definition) is 3. The van der Waals surface area contributed by atoms with Crippen molar-refractivity contribution < 1.29 is 14.3 Å². The fraction of sp³-hybridized carbons (Fsp3) is 0.529. The van der Waals surface area contributed by atoms with Gasteiger partial charge in [0.1, 0.15) is 5.60 Å². The van der Waals surface area contributed by atoms with Gasteiger partial charge in [-0.15, -0.1) is 0 Å². The van der Waals surface area contributed by atoms with Gasteiger partial charge in [0, 0.05) is 18.7 Å². The van der Waals surface area contributed by atoms with Crippen molar-refractivity contribution in [2.45, 2.75) is 39.3 Å². The standard InChI is InChI=1S/C17H24N2O3/c1-12-10-19(15(20)13-8-6-5-7-9-13)11-14(12)18-16(21)22-17(2,3)4/h5-9,12,14H,10-11H2,1-4H3,(H,18,21)/t12-,14-/m0/s1. The van der Waals surface area contributed by atoms with Crippen LogP contribution in [0.15, 0.2) is 30.3 Å². The molecule has 22 heavy (non-hydrogen) atoms. The van der Waals surface area contributed by atoms with E-state index in [0.717, 1.165) is 0 Å². The molecule has 1 heterocycles. The fourth-order valence-corrected chi connectivity index (χ4v) is 2.54. The summed E-state index contributed by atoms with van der Waals surface area (Å²) in [4.78, 5) is 26.1. The highest BCUT2D eigenvalue weighted by atomic mass is 16.6. The van der Waals surface area contributed by atoms with Gasteiger partial charge in [0.2, 0.25) is 0 Å². The maximum absolute atomic E-state index is 12.4. The lowest BCUT2D eigenvalue weighted by atomic mass is 10.1. The zero-order valence-electron chi connectivity index (χ0n) is 13.6. The number of ether oxygens (including phenoxy) is 1. The molecule has 1 aliphatic rings. The molecule has 120 valence electrons. The zero-order chi connectivity index (χ0) is 16.3. The van der Waals surface area contributed by atoms with Crippen LogP contribution in [-0.2, 0) is 4.74 Å². The van der Waals surface area contributed by atoms with E-state index >= 15 is 0 Å². The topological polar surface area (TPSA) is 58.6 Å². The van der Waals surface area contributed by atoms with E-state index in [9.17, 15) is 9.59 Å². The minimum Gasteiger partial charge on any atom is -0.444 e. The highest BCUT2D eigenvalue weighted by Crippen LogP contribution is 2.19. The SMILES string of the molecule is C[C@H]1CN(C(=O)c2ccccc2)C[C@@H]1NC(=O)OC(C)(C)C. The minimum absolute atomic E-state index is 0.000869. The second kappa shape index (κ2) is 6.38. The van der Waals surface area contributed by atoms with Crippen molar-refractivity contribution in [2.75, 3.05) is 13.1 Å². The minimum atomic E-state index is -0.522. The first kappa shape index (κ1) is 16.3. The van der Waals surface area contributed by atoms with Crippen molar-refractivity contribution in [1.82, 2.24) is 10.2 Å². The predicted octanol–water partition coefficient (Wildman–Crippen LogP) is 2.67. The highest BCUT2D eigenvalue weighted by molar-refractivity contribution is 5.94. The summed E-state index contributed by atoms with van der Waals surface area (Å²) in [7, 11) is 0. The number of carbonyl (C=O) groups is 2. The van der Waals surface area contributed by atoms with Gasteiger partial charge in [-0.3, -0.25) is 4.79 Å². The molecule has 2 rings (SSSR count). The molecule has 2 atom stereocenters. The Morgan fingerprint density at radius 2 is 1.82 bits per heavy atom. The number of amides is 2. The van der Waals surface area contributed by atoms with Gasteiger partial charge >= 0.3 is 6.09 Å². The molecule has 1 saturated heterocycles. The van der Waals surface area contributed by atoms with E-state index in [1.54, 1.807) is 4.90 Å². The van der Waals surface area contributed by atoms with E-state index in [1.165, 1.54) is 0 Å². The first-order chi connectivity index (χ1) is 10.3. The average molecular weight is 304 g/mol. The van der Waals surface area contributed by atoms with E-state index < -0.39 is 11.7 Å². The van der Waals surface area contributed by atoms with Gasteiger partial charge in [0.15, 0.2) is 0 Å². The normalized spacial score (nSPS) is 21.5. The lowest BCUT2D eigenvalue weighted by Crippen LogP contribution is -2.43. The molecule has 0 radical (unpaired) electrons. The van der Waals surface area contributed by atoms with Gasteiger partial charge in [-0.2, -0.15) is 0 Å². The fourth-order valence-electron chi connectivity index (χ4n) is 2.54. The lowest BCUT2D eigenvalue weighted by molar-refractivity contribution is 0.0494. The summed E-state index contributed by atoms with van der Waals surface area (Å²) >= 11 is 0. The molecular formula is C17H24N2O3. The van der Waals surface area contributed by atoms with E-state index in [2.05, 4.69) is 5.32 Å². The molecule has 0 aromatic heterocycles. The molecule has 2 amide bonds. The molecule has 5 nitrogen and oxygen atoms in total. The molecular weight excluding hydrogens is 280 g/mol. The molecule has 5 heteroatoms. The molecule has 1 fully saturated rings. The van der Waals surface area contributed by atoms with Crippen LogP contribution in [0.4, 0.5) is 4.79 Å². The Labute approximate surface area is 131 Å². The van der Waals surface area contributed by atoms with Crippen molar-refractivity contribution >= 4 is 12.0 Å². The molecule has 0 bridgehead atoms. The third-order valence-corrected chi connectivity index (χ3v) is 3.62. The number of rotatable bonds is 2. The quantitative estimate of drug-likeness (QED) is 0.914. The van der Waals surface area contributed by atoms with Crippen molar-refractivity contribution in [2.24, 2.45) is 5.92 Å². The van der Waals surface area contributed by atoms with E-state index in [1.807, 2.05) is 58.0 Å². The number of alkyl carbamates (subject to hydrolysis) is 1. The van der Waals surface area contributed by atoms with Gasteiger partial charge in [-0.05, 0) is 38.8 Å².